The number of hydrogen-bond acceptors (Lipinski definition) is 5. The smallest absolute Gasteiger partial charge is 0.338 e. The average Bonchev–Trinajstić information content (AvgIpc) is 3.00. The van der Waals surface area contributed by atoms with Crippen LogP contribution in [-0.2, 0) is 4.74 Å². The second-order valence-corrected chi connectivity index (χ2v) is 5.02. The molecule has 0 fully saturated rings. The molecule has 5 heteroatoms. The van der Waals surface area contributed by atoms with Crippen molar-refractivity contribution in [3.63, 3.8) is 0 Å². The molecule has 0 radical (unpaired) electrons. The van der Waals surface area contributed by atoms with Crippen LogP contribution in [0.15, 0.2) is 46.4 Å². The number of hydrogen-bond donors (Lipinski definition) is 0. The van der Waals surface area contributed by atoms with Gasteiger partial charge in [0.05, 0.1) is 11.7 Å². The van der Waals surface area contributed by atoms with Crippen LogP contribution in [0.4, 0.5) is 0 Å². The third-order valence-corrected chi connectivity index (χ3v) is 2.90. The number of carbonyl (C=O) groups excluding carboxylic acids is 1. The molecule has 0 bridgehead atoms. The van der Waals surface area contributed by atoms with E-state index in [1.807, 2.05) is 0 Å². The summed E-state index contributed by atoms with van der Waals surface area (Å²) in [6, 6.07) is 13.8. The summed E-state index contributed by atoms with van der Waals surface area (Å²) in [4.78, 5) is 11.8. The standard InChI is InChI=1S/C18H14N2O3/c1-12(2)22-18(21)15-5-3-14(4-6-15)17-8-7-16(23-17)9-13(10-19)11-20/h3-9,12H,1-2H3. The van der Waals surface area contributed by atoms with Crippen molar-refractivity contribution in [3.8, 4) is 23.5 Å². The highest BCUT2D eigenvalue weighted by Gasteiger charge is 2.10. The second kappa shape index (κ2) is 7.11. The number of carbonyl (C=O) groups is 1. The van der Waals surface area contributed by atoms with Gasteiger partial charge in [-0.1, -0.05) is 12.1 Å². The van der Waals surface area contributed by atoms with Gasteiger partial charge in [0.1, 0.15) is 29.2 Å². The van der Waals surface area contributed by atoms with Gasteiger partial charge in [-0.05, 0) is 38.1 Å². The average molecular weight is 306 g/mol. The zero-order valence-electron chi connectivity index (χ0n) is 12.7. The van der Waals surface area contributed by atoms with E-state index in [0.29, 0.717) is 17.1 Å². The first-order valence-electron chi connectivity index (χ1n) is 6.96. The van der Waals surface area contributed by atoms with Crippen LogP contribution in [-0.4, -0.2) is 12.1 Å². The molecule has 0 saturated heterocycles. The van der Waals surface area contributed by atoms with Crippen LogP contribution in [0.3, 0.4) is 0 Å². The fourth-order valence-electron chi connectivity index (χ4n) is 1.87. The fraction of sp³-hybridized carbons (Fsp3) is 0.167. The lowest BCUT2D eigenvalue weighted by Crippen LogP contribution is -2.11. The molecule has 0 atom stereocenters. The van der Waals surface area contributed by atoms with Gasteiger partial charge in [-0.25, -0.2) is 4.79 Å². The van der Waals surface area contributed by atoms with E-state index in [2.05, 4.69) is 0 Å². The summed E-state index contributed by atoms with van der Waals surface area (Å²) in [5.74, 6) is 0.624. The summed E-state index contributed by atoms with van der Waals surface area (Å²) in [7, 11) is 0. The van der Waals surface area contributed by atoms with Crippen LogP contribution >= 0.6 is 0 Å². The molecule has 23 heavy (non-hydrogen) atoms. The monoisotopic (exact) mass is 306 g/mol. The summed E-state index contributed by atoms with van der Waals surface area (Å²) in [5.41, 5.74) is 1.21. The van der Waals surface area contributed by atoms with Crippen LogP contribution in [0.5, 0.6) is 0 Å². The Balaban J connectivity index is 2.20. The van der Waals surface area contributed by atoms with Crippen LogP contribution in [0, 0.1) is 22.7 Å². The SMILES string of the molecule is CC(C)OC(=O)c1ccc(-c2ccc(C=C(C#N)C#N)o2)cc1. The van der Waals surface area contributed by atoms with E-state index < -0.39 is 0 Å². The predicted octanol–water partition coefficient (Wildman–Crippen LogP) is 3.94. The van der Waals surface area contributed by atoms with Gasteiger partial charge >= 0.3 is 5.97 Å². The molecule has 1 heterocycles. The normalized spacial score (nSPS) is 9.78. The zero-order chi connectivity index (χ0) is 16.8. The molecule has 2 aromatic rings. The molecule has 0 spiro atoms. The van der Waals surface area contributed by atoms with Gasteiger partial charge in [0, 0.05) is 11.6 Å². The van der Waals surface area contributed by atoms with Gasteiger partial charge in [0.25, 0.3) is 0 Å². The molecule has 0 amide bonds. The lowest BCUT2D eigenvalue weighted by Gasteiger charge is -2.07. The van der Waals surface area contributed by atoms with Crippen molar-refractivity contribution in [3.05, 3.63) is 53.3 Å². The summed E-state index contributed by atoms with van der Waals surface area (Å²) < 4.78 is 10.7. The van der Waals surface area contributed by atoms with Crippen molar-refractivity contribution in [2.24, 2.45) is 0 Å². The number of benzene rings is 1. The lowest BCUT2D eigenvalue weighted by atomic mass is 10.1. The third-order valence-electron chi connectivity index (χ3n) is 2.90. The number of allylic oxidation sites excluding steroid dienone is 1. The van der Waals surface area contributed by atoms with Gasteiger partial charge in [-0.15, -0.1) is 0 Å². The highest BCUT2D eigenvalue weighted by Crippen LogP contribution is 2.24. The van der Waals surface area contributed by atoms with Gasteiger partial charge in [-0.3, -0.25) is 0 Å². The first-order chi connectivity index (χ1) is 11.0. The fourth-order valence-corrected chi connectivity index (χ4v) is 1.87. The molecule has 0 unspecified atom stereocenters. The Morgan fingerprint density at radius 3 is 2.35 bits per heavy atom. The maximum atomic E-state index is 11.8. The first-order valence-corrected chi connectivity index (χ1v) is 6.96. The van der Waals surface area contributed by atoms with E-state index in [0.717, 1.165) is 5.56 Å². The molecule has 0 N–H and O–H groups in total. The van der Waals surface area contributed by atoms with E-state index in [1.54, 1.807) is 62.4 Å². The zero-order valence-corrected chi connectivity index (χ0v) is 12.7. The molecule has 0 aliphatic rings. The van der Waals surface area contributed by atoms with Crippen molar-refractivity contribution in [2.45, 2.75) is 20.0 Å². The summed E-state index contributed by atoms with van der Waals surface area (Å²) in [5, 5.41) is 17.5. The minimum Gasteiger partial charge on any atom is -0.459 e. The van der Waals surface area contributed by atoms with Crippen LogP contribution in [0.1, 0.15) is 30.0 Å². The Hall–Kier alpha value is -3.31. The maximum absolute atomic E-state index is 11.8. The van der Waals surface area contributed by atoms with Crippen molar-refractivity contribution in [1.29, 1.82) is 10.5 Å². The molecule has 2 rings (SSSR count). The second-order valence-electron chi connectivity index (χ2n) is 5.02. The van der Waals surface area contributed by atoms with E-state index in [1.165, 1.54) is 6.08 Å². The third kappa shape index (κ3) is 4.09. The Bertz CT molecular complexity index is 799. The van der Waals surface area contributed by atoms with E-state index in [4.69, 9.17) is 19.7 Å². The Labute approximate surface area is 134 Å². The van der Waals surface area contributed by atoms with Crippen LogP contribution < -0.4 is 0 Å². The summed E-state index contributed by atoms with van der Waals surface area (Å²) in [6.45, 7) is 3.59. The number of esters is 1. The van der Waals surface area contributed by atoms with Gasteiger partial charge in [0.2, 0.25) is 0 Å². The maximum Gasteiger partial charge on any atom is 0.338 e. The van der Waals surface area contributed by atoms with Gasteiger partial charge < -0.3 is 9.15 Å². The number of rotatable bonds is 4. The molecule has 0 saturated carbocycles. The van der Waals surface area contributed by atoms with E-state index >= 15 is 0 Å². The first kappa shape index (κ1) is 16.1. The van der Waals surface area contributed by atoms with Crippen LogP contribution in [0.2, 0.25) is 0 Å². The molecule has 114 valence electrons. The van der Waals surface area contributed by atoms with Gasteiger partial charge in [0.15, 0.2) is 0 Å². The Kier molecular flexibility index (Phi) is 4.96. The summed E-state index contributed by atoms with van der Waals surface area (Å²) in [6.07, 6.45) is 1.20. The highest BCUT2D eigenvalue weighted by molar-refractivity contribution is 5.90. The quantitative estimate of drug-likeness (QED) is 0.630. The molecular formula is C18H14N2O3. The van der Waals surface area contributed by atoms with Crippen molar-refractivity contribution < 1.29 is 13.9 Å². The number of ether oxygens (including phenoxy) is 1. The number of furan rings is 1. The largest absolute Gasteiger partial charge is 0.459 e. The molecule has 0 aliphatic heterocycles. The van der Waals surface area contributed by atoms with Gasteiger partial charge in [-0.2, -0.15) is 10.5 Å². The Morgan fingerprint density at radius 2 is 1.78 bits per heavy atom. The lowest BCUT2D eigenvalue weighted by molar-refractivity contribution is 0.0378. The van der Waals surface area contributed by atoms with E-state index in [-0.39, 0.29) is 17.6 Å². The molecule has 1 aromatic heterocycles. The minimum absolute atomic E-state index is 0.0299. The van der Waals surface area contributed by atoms with Crippen molar-refractivity contribution in [2.75, 3.05) is 0 Å². The molecular weight excluding hydrogens is 292 g/mol. The molecule has 1 aromatic carbocycles. The molecule has 5 nitrogen and oxygen atoms in total. The summed E-state index contributed by atoms with van der Waals surface area (Å²) >= 11 is 0. The number of nitriles is 2. The highest BCUT2D eigenvalue weighted by atomic mass is 16.5. The topological polar surface area (TPSA) is 87.0 Å². The number of nitrogens with zero attached hydrogens (tertiary/aromatic N) is 2. The van der Waals surface area contributed by atoms with Crippen molar-refractivity contribution >= 4 is 12.0 Å². The van der Waals surface area contributed by atoms with E-state index in [9.17, 15) is 4.79 Å². The Morgan fingerprint density at radius 1 is 1.13 bits per heavy atom. The van der Waals surface area contributed by atoms with Crippen molar-refractivity contribution in [1.82, 2.24) is 0 Å². The minimum atomic E-state index is -0.373. The molecule has 0 aliphatic carbocycles. The predicted molar refractivity (Wildman–Crippen MR) is 83.9 cm³/mol. The van der Waals surface area contributed by atoms with Crippen LogP contribution in [0.25, 0.3) is 17.4 Å².